The van der Waals surface area contributed by atoms with Gasteiger partial charge in [-0.2, -0.15) is 26.3 Å². The molecule has 688 valence electrons. The van der Waals surface area contributed by atoms with Gasteiger partial charge in [0.1, 0.15) is 22.8 Å². The average molecular weight is 1820 g/mol. The predicted octanol–water partition coefficient (Wildman–Crippen LogP) is 17.7. The number of aromatic amines is 1. The van der Waals surface area contributed by atoms with Gasteiger partial charge in [0, 0.05) is 131 Å². The number of benzene rings is 6. The summed E-state index contributed by atoms with van der Waals surface area (Å²) in [5, 5.41) is 19.5. The number of fused-ring (bicyclic) bond motifs is 5. The van der Waals surface area contributed by atoms with Crippen LogP contribution in [0.3, 0.4) is 0 Å². The zero-order valence-electron chi connectivity index (χ0n) is 74.9. The number of aliphatic hydroxyl groups is 1. The van der Waals surface area contributed by atoms with Crippen LogP contribution >= 0.6 is 34.8 Å². The summed E-state index contributed by atoms with van der Waals surface area (Å²) in [5.74, 6) is 1.93. The first-order valence-electron chi connectivity index (χ1n) is 44.4. The Morgan fingerprint density at radius 3 is 1.65 bits per heavy atom. The molecule has 9 aliphatic heterocycles. The van der Waals surface area contributed by atoms with E-state index in [9.17, 15) is 45.8 Å². The molecule has 4 aromatic heterocycles. The lowest BCUT2D eigenvalue weighted by Crippen LogP contribution is -2.52. The van der Waals surface area contributed by atoms with Gasteiger partial charge in [-0.05, 0) is 269 Å². The summed E-state index contributed by atoms with van der Waals surface area (Å²) in [6, 6.07) is 47.3. The maximum atomic E-state index is 12.8. The third-order valence-corrected chi connectivity index (χ3v) is 27.6. The number of amides is 1. The molecule has 0 saturated carbocycles. The molecule has 13 heterocycles. The molecule has 127 heavy (non-hydrogen) atoms. The number of ether oxygens (including phenoxy) is 1. The van der Waals surface area contributed by atoms with Crippen molar-refractivity contribution in [1.82, 2.24) is 78.0 Å². The predicted molar refractivity (Wildman–Crippen MR) is 490 cm³/mol. The first kappa shape index (κ1) is 97.6. The molecule has 0 unspecified atom stereocenters. The van der Waals surface area contributed by atoms with Gasteiger partial charge in [-0.15, -0.1) is 10.2 Å². The number of carbonyl (C=O) groups excluding carboxylic acids is 2. The summed E-state index contributed by atoms with van der Waals surface area (Å²) in [4.78, 5) is 62.6. The zero-order valence-corrected chi connectivity index (χ0v) is 77.2. The smallest absolute Gasteiger partial charge is 0.451 e. The number of imidazole rings is 2. The van der Waals surface area contributed by atoms with E-state index in [1.807, 2.05) is 120 Å². The highest BCUT2D eigenvalue weighted by Crippen LogP contribution is 2.46. The van der Waals surface area contributed by atoms with Gasteiger partial charge >= 0.3 is 24.0 Å². The maximum absolute atomic E-state index is 12.8. The number of alkyl halides is 6. The van der Waals surface area contributed by atoms with E-state index in [-0.39, 0.29) is 33.7 Å². The minimum Gasteiger partial charge on any atom is -0.461 e. The first-order chi connectivity index (χ1) is 60.6. The molecule has 1 amide bonds. The highest BCUT2D eigenvalue weighted by atomic mass is 35.5. The number of aromatic nitrogens is 7. The SMILES string of the molecule is CC(=O)N(C)C1(c2ccccc2)CCN(C)CC1.CN1CCC(O)(c2ccc(Cl)c(C(F)(F)F)c2)CC1.CN1CCC(c2cc3ccccc3o2)CC1.CN1CCC(c2ccc(Cl)cc2)CC1.CN1CCC(n2c(=O)[nH]c3ccccc32)CC1.CN1CCC(n2ccnc2)CC1.CN1CCC2(CC1)OC(=O)c1cc(Cl)ccc12.CN1CCn2c(nnc2C(F)(F)F)C1. The Morgan fingerprint density at radius 2 is 1.07 bits per heavy atom. The normalized spacial score (nSPS) is 20.0. The van der Waals surface area contributed by atoms with Crippen LogP contribution in [0.1, 0.15) is 176 Å². The van der Waals surface area contributed by atoms with Crippen molar-refractivity contribution in [1.29, 1.82) is 0 Å². The zero-order chi connectivity index (χ0) is 91.0. The quantitative estimate of drug-likeness (QED) is 0.113. The van der Waals surface area contributed by atoms with Crippen molar-refractivity contribution in [3.63, 3.8) is 0 Å². The molecule has 1 spiro atoms. The molecule has 0 aliphatic carbocycles. The lowest BCUT2D eigenvalue weighted by molar-refractivity contribution is -0.148. The fourth-order valence-electron chi connectivity index (χ4n) is 18.4. The van der Waals surface area contributed by atoms with Crippen molar-refractivity contribution in [2.75, 3.05) is 162 Å². The van der Waals surface area contributed by atoms with Crippen LogP contribution in [-0.4, -0.2) is 257 Å². The van der Waals surface area contributed by atoms with E-state index in [1.165, 1.54) is 112 Å². The topological polar surface area (TPSA) is 192 Å². The number of H-pyrrole nitrogens is 1. The van der Waals surface area contributed by atoms with Crippen molar-refractivity contribution in [3.8, 4) is 0 Å². The van der Waals surface area contributed by atoms with Crippen LogP contribution in [0, 0.1) is 0 Å². The lowest BCUT2D eigenvalue weighted by atomic mass is 9.79. The monoisotopic (exact) mass is 1820 g/mol. The highest BCUT2D eigenvalue weighted by Gasteiger charge is 2.48. The summed E-state index contributed by atoms with van der Waals surface area (Å²) in [6.45, 7) is 17.6. The molecule has 7 fully saturated rings. The summed E-state index contributed by atoms with van der Waals surface area (Å²) in [6.07, 6.45) is 11.1. The Bertz CT molecular complexity index is 5150. The van der Waals surface area contributed by atoms with Crippen LogP contribution < -0.4 is 5.69 Å². The van der Waals surface area contributed by atoms with E-state index < -0.39 is 34.9 Å². The summed E-state index contributed by atoms with van der Waals surface area (Å²) >= 11 is 17.4. The number of rotatable bonds is 7. The molecule has 6 aromatic carbocycles. The lowest BCUT2D eigenvalue weighted by Gasteiger charge is -2.47. The molecule has 22 nitrogen and oxygen atoms in total. The number of halogens is 9. The van der Waals surface area contributed by atoms with E-state index in [0.717, 1.165) is 122 Å². The van der Waals surface area contributed by atoms with Gasteiger partial charge in [-0.25, -0.2) is 14.6 Å². The third kappa shape index (κ3) is 25.6. The molecular formula is C96H125Cl3F6N16O6. The number of nitrogens with zero attached hydrogens (tertiary/aromatic N) is 15. The van der Waals surface area contributed by atoms with E-state index in [0.29, 0.717) is 80.0 Å². The Labute approximate surface area is 757 Å². The molecule has 19 rings (SSSR count). The minimum atomic E-state index is -4.51. The second-order valence-electron chi connectivity index (χ2n) is 35.8. The molecule has 31 heteroatoms. The molecule has 9 aliphatic rings. The van der Waals surface area contributed by atoms with Crippen molar-refractivity contribution < 1.29 is 50.2 Å². The molecular weight excluding hydrogens is 1690 g/mol. The molecule has 0 atom stereocenters. The Kier molecular flexibility index (Phi) is 33.8. The molecule has 10 aromatic rings. The summed E-state index contributed by atoms with van der Waals surface area (Å²) < 4.78 is 92.4. The van der Waals surface area contributed by atoms with Crippen molar-refractivity contribution in [3.05, 3.63) is 241 Å². The van der Waals surface area contributed by atoms with Gasteiger partial charge in [-0.1, -0.05) is 120 Å². The number of hydrogen-bond donors (Lipinski definition) is 2. The number of piperidine rings is 7. The van der Waals surface area contributed by atoms with Crippen LogP contribution in [0.2, 0.25) is 15.1 Å². The maximum Gasteiger partial charge on any atom is 0.451 e. The van der Waals surface area contributed by atoms with Gasteiger partial charge in [0.25, 0.3) is 0 Å². The summed E-state index contributed by atoms with van der Waals surface area (Å²) in [5.41, 5.74) is 5.07. The van der Waals surface area contributed by atoms with Crippen molar-refractivity contribution in [2.45, 2.75) is 163 Å². The Balaban J connectivity index is 0.000000132. The van der Waals surface area contributed by atoms with E-state index >= 15 is 0 Å². The number of esters is 1. The number of carbonyl (C=O) groups is 2. The fourth-order valence-corrected chi connectivity index (χ4v) is 18.9. The number of nitrogens with one attached hydrogen (secondary N) is 1. The Morgan fingerprint density at radius 1 is 0.535 bits per heavy atom. The average Bonchev–Trinajstić information content (AvgIpc) is 1.66. The van der Waals surface area contributed by atoms with Gasteiger partial charge in [-0.3, -0.25) is 14.3 Å². The van der Waals surface area contributed by atoms with Gasteiger partial charge < -0.3 is 67.6 Å². The molecule has 0 bridgehead atoms. The van der Waals surface area contributed by atoms with Crippen LogP contribution in [0.5, 0.6) is 0 Å². The second kappa shape index (κ2) is 44.0. The number of para-hydroxylation sites is 3. The second-order valence-corrected chi connectivity index (χ2v) is 37.1. The van der Waals surface area contributed by atoms with E-state index in [4.69, 9.17) is 44.0 Å². The van der Waals surface area contributed by atoms with E-state index in [1.54, 1.807) is 13.0 Å². The first-order valence-corrected chi connectivity index (χ1v) is 45.5. The van der Waals surface area contributed by atoms with Crippen LogP contribution in [0.15, 0.2) is 174 Å². The standard InChI is InChI=1S/C15H22N2O.C14H17NO.C13H15ClF3NO.C13H14ClNO2.C13H17N3O.C12H16ClN.C9H15N3.C7H9F3N4/c1-13(18)17(3)15(9-11-16(2)12-10-15)14-7-5-4-6-8-14;1-15-8-6-11(7-9-15)14-10-12-4-2-3-5-13(12)16-14;1-18-6-4-12(19,5-7-18)9-2-3-11(14)10(8-9)13(15,16)17;1-15-6-4-13(5-7-15)11-3-2-9(14)8-10(11)12(16)17-13;1-15-8-6-10(7-9-15)16-12-5-3-2-4-11(12)14-13(16)17;1-14-8-6-11(7-9-14)10-2-4-12(13)5-3-10;1-11-5-2-9(3-6-11)12-7-4-10-8-12;1-13-2-3-14-5(4-13)11-12-6(14)7(8,9)10/h4-8H,9-12H2,1-3H3;2-5,10-11H,6-9H2,1H3;2-3,8,19H,4-7H2,1H3;2-3,8H,4-7H2,1H3;2-5,10H,6-9H2,1H3,(H,14,17);2-5,11H,6-9H2,1H3;4,7-9H,2-3,5-6H2,1H3;2-4H2,1H3. The van der Waals surface area contributed by atoms with Gasteiger partial charge in [0.05, 0.1) is 51.2 Å². The van der Waals surface area contributed by atoms with Crippen LogP contribution in [-0.2, 0) is 51.7 Å². The number of likely N-dealkylation sites (N-methyl/N-ethyl adjacent to an activating group) is 1. The molecule has 2 N–H and O–H groups in total. The number of likely N-dealkylation sites (tertiary alicyclic amines) is 7. The fraction of sp³-hybridized carbons (Fsp3) is 0.521. The number of hydrogen-bond acceptors (Lipinski definition) is 17. The molecule has 7 saturated heterocycles. The minimum absolute atomic E-state index is 0.0285. The van der Waals surface area contributed by atoms with Gasteiger partial charge in [0.2, 0.25) is 11.7 Å². The highest BCUT2D eigenvalue weighted by molar-refractivity contribution is 6.31. The van der Waals surface area contributed by atoms with Crippen LogP contribution in [0.4, 0.5) is 26.3 Å². The summed E-state index contributed by atoms with van der Waals surface area (Å²) in [7, 11) is 18.6. The largest absolute Gasteiger partial charge is 0.461 e. The van der Waals surface area contributed by atoms with Gasteiger partial charge in [0.15, 0.2) is 0 Å². The van der Waals surface area contributed by atoms with Crippen molar-refractivity contribution >= 4 is 68.7 Å². The van der Waals surface area contributed by atoms with Crippen molar-refractivity contribution in [2.24, 2.45) is 0 Å². The van der Waals surface area contributed by atoms with E-state index in [2.05, 4.69) is 157 Å². The third-order valence-electron chi connectivity index (χ3n) is 26.8. The van der Waals surface area contributed by atoms with Crippen LogP contribution in [0.25, 0.3) is 22.0 Å². The Hall–Kier alpha value is -8.49. The molecule has 0 radical (unpaired) electrons. The number of furan rings is 1.